The van der Waals surface area contributed by atoms with Crippen molar-refractivity contribution in [2.45, 2.75) is 53.5 Å². The Morgan fingerprint density at radius 1 is 1.19 bits per heavy atom. The third-order valence-corrected chi connectivity index (χ3v) is 6.46. The number of aromatic amines is 1. The molecule has 1 fully saturated rings. The van der Waals surface area contributed by atoms with Crippen molar-refractivity contribution in [2.24, 2.45) is 0 Å². The van der Waals surface area contributed by atoms with Gasteiger partial charge in [-0.25, -0.2) is 0 Å². The van der Waals surface area contributed by atoms with Gasteiger partial charge in [-0.3, -0.25) is 19.3 Å². The molecule has 1 aromatic carbocycles. The molecule has 188 valence electrons. The third kappa shape index (κ3) is 4.10. The lowest BCUT2D eigenvalue weighted by molar-refractivity contribution is -0.132. The molecule has 36 heavy (non-hydrogen) atoms. The summed E-state index contributed by atoms with van der Waals surface area (Å²) in [6.07, 6.45) is 0. The van der Waals surface area contributed by atoms with Crippen LogP contribution in [0.4, 0.5) is 5.82 Å². The fraction of sp³-hybridized carbons (Fsp3) is 0.333. The van der Waals surface area contributed by atoms with E-state index >= 15 is 0 Å². The molecule has 0 radical (unpaired) electrons. The maximum absolute atomic E-state index is 13.4. The molecule has 2 aromatic heterocycles. The van der Waals surface area contributed by atoms with Crippen molar-refractivity contribution in [3.05, 3.63) is 75.3 Å². The molecule has 1 unspecified atom stereocenters. The number of nitrogens with zero attached hydrogens (tertiary/aromatic N) is 2. The molecule has 3 aromatic rings. The summed E-state index contributed by atoms with van der Waals surface area (Å²) in [5.41, 5.74) is 3.24. The summed E-state index contributed by atoms with van der Waals surface area (Å²) in [5.74, 6) is -1.39. The highest BCUT2D eigenvalue weighted by atomic mass is 16.5. The van der Waals surface area contributed by atoms with Crippen LogP contribution in [0.1, 0.15) is 76.9 Å². The number of carbonyl (C=O) groups excluding carboxylic acids is 3. The summed E-state index contributed by atoms with van der Waals surface area (Å²) in [5, 5.41) is 18.2. The monoisotopic (exact) mass is 490 g/mol. The molecule has 0 bridgehead atoms. The van der Waals surface area contributed by atoms with Gasteiger partial charge in [0.2, 0.25) is 0 Å². The minimum absolute atomic E-state index is 0.0781. The smallest absolute Gasteiger partial charge is 0.301 e. The first-order valence-electron chi connectivity index (χ1n) is 11.9. The number of H-pyrrole nitrogens is 1. The summed E-state index contributed by atoms with van der Waals surface area (Å²) in [4.78, 5) is 43.4. The van der Waals surface area contributed by atoms with E-state index in [2.05, 4.69) is 29.3 Å². The number of aryl methyl sites for hydroxylation is 2. The predicted octanol–water partition coefficient (Wildman–Crippen LogP) is 4.43. The SMILES string of the molecule is CCNC(=O)c1[nH]c(C)c(/C(O)=C2\C(=O)C(=O)N(c3cc(C)on3)C2c2ccc(C(C)C)cc2)c1C. The van der Waals surface area contributed by atoms with E-state index in [4.69, 9.17) is 4.52 Å². The van der Waals surface area contributed by atoms with Crippen molar-refractivity contribution in [1.82, 2.24) is 15.5 Å². The molecule has 1 atom stereocenters. The summed E-state index contributed by atoms with van der Waals surface area (Å²) in [6, 6.07) is 8.20. The first-order valence-corrected chi connectivity index (χ1v) is 11.9. The van der Waals surface area contributed by atoms with Gasteiger partial charge in [-0.2, -0.15) is 0 Å². The molecule has 0 aliphatic carbocycles. The van der Waals surface area contributed by atoms with Crippen LogP contribution in [0.15, 0.2) is 40.4 Å². The van der Waals surface area contributed by atoms with E-state index in [1.807, 2.05) is 31.2 Å². The largest absolute Gasteiger partial charge is 0.507 e. The lowest BCUT2D eigenvalue weighted by Gasteiger charge is -2.23. The van der Waals surface area contributed by atoms with Gasteiger partial charge in [0.1, 0.15) is 17.2 Å². The molecule has 2 amide bonds. The van der Waals surface area contributed by atoms with Crippen LogP contribution in [0.25, 0.3) is 5.76 Å². The summed E-state index contributed by atoms with van der Waals surface area (Å²) < 4.78 is 5.18. The van der Waals surface area contributed by atoms with Crippen LogP contribution in [0, 0.1) is 20.8 Å². The van der Waals surface area contributed by atoms with Gasteiger partial charge in [-0.05, 0) is 50.3 Å². The van der Waals surface area contributed by atoms with Crippen LogP contribution in [0.5, 0.6) is 0 Å². The van der Waals surface area contributed by atoms with Crippen LogP contribution in [-0.4, -0.2) is 39.4 Å². The van der Waals surface area contributed by atoms with E-state index in [9.17, 15) is 19.5 Å². The Hall–Kier alpha value is -4.14. The lowest BCUT2D eigenvalue weighted by Crippen LogP contribution is -2.29. The first-order chi connectivity index (χ1) is 17.1. The molecule has 1 aliphatic heterocycles. The molecule has 9 nitrogen and oxygen atoms in total. The molecule has 9 heteroatoms. The van der Waals surface area contributed by atoms with Gasteiger partial charge in [-0.15, -0.1) is 0 Å². The van der Waals surface area contributed by atoms with Crippen molar-refractivity contribution >= 4 is 29.2 Å². The molecular formula is C27H30N4O5. The standard InChI is InChI=1S/C27H30N4O5/c1-7-28-26(34)22-15(5)20(16(6)29-22)24(32)21-23(18-10-8-17(9-11-18)13(2)3)31(27(35)25(21)33)19-12-14(4)36-30-19/h8-13,23,29,32H,7H2,1-6H3,(H,28,34)/b24-21+. The quantitative estimate of drug-likeness (QED) is 0.266. The van der Waals surface area contributed by atoms with E-state index in [1.54, 1.807) is 26.8 Å². The number of aliphatic hydroxyl groups excluding tert-OH is 1. The fourth-order valence-corrected chi connectivity index (χ4v) is 4.63. The molecule has 0 saturated carbocycles. The number of aromatic nitrogens is 2. The maximum Gasteiger partial charge on any atom is 0.301 e. The Morgan fingerprint density at radius 2 is 1.86 bits per heavy atom. The van der Waals surface area contributed by atoms with Crippen LogP contribution in [-0.2, 0) is 9.59 Å². The predicted molar refractivity (Wildman–Crippen MR) is 135 cm³/mol. The van der Waals surface area contributed by atoms with Gasteiger partial charge in [0.15, 0.2) is 5.82 Å². The van der Waals surface area contributed by atoms with Gasteiger partial charge < -0.3 is 19.9 Å². The number of carbonyl (C=O) groups is 3. The minimum Gasteiger partial charge on any atom is -0.507 e. The van der Waals surface area contributed by atoms with Crippen LogP contribution < -0.4 is 10.2 Å². The average molecular weight is 491 g/mol. The van der Waals surface area contributed by atoms with Gasteiger partial charge in [-0.1, -0.05) is 43.3 Å². The highest BCUT2D eigenvalue weighted by Crippen LogP contribution is 2.43. The maximum atomic E-state index is 13.4. The number of nitrogens with one attached hydrogen (secondary N) is 2. The number of ketones is 1. The molecule has 3 heterocycles. The zero-order valence-corrected chi connectivity index (χ0v) is 21.2. The van der Waals surface area contributed by atoms with Gasteiger partial charge >= 0.3 is 5.91 Å². The third-order valence-electron chi connectivity index (χ3n) is 6.46. The Labute approximate surface area is 209 Å². The number of Topliss-reactive ketones (excluding diaryl/α,β-unsaturated/α-hetero) is 1. The Kier molecular flexibility index (Phi) is 6.58. The van der Waals surface area contributed by atoms with Crippen molar-refractivity contribution in [2.75, 3.05) is 11.4 Å². The summed E-state index contributed by atoms with van der Waals surface area (Å²) >= 11 is 0. The van der Waals surface area contributed by atoms with Crippen molar-refractivity contribution in [3.8, 4) is 0 Å². The number of hydrogen-bond acceptors (Lipinski definition) is 6. The lowest BCUT2D eigenvalue weighted by atomic mass is 9.92. The molecular weight excluding hydrogens is 460 g/mol. The second kappa shape index (κ2) is 9.49. The normalized spacial score (nSPS) is 17.3. The number of benzene rings is 1. The second-order valence-electron chi connectivity index (χ2n) is 9.27. The highest BCUT2D eigenvalue weighted by molar-refractivity contribution is 6.51. The zero-order valence-electron chi connectivity index (χ0n) is 21.2. The molecule has 3 N–H and O–H groups in total. The Balaban J connectivity index is 1.94. The minimum atomic E-state index is -0.933. The molecule has 1 saturated heterocycles. The number of aliphatic hydroxyl groups is 1. The Morgan fingerprint density at radius 3 is 2.42 bits per heavy atom. The Bertz CT molecular complexity index is 1380. The second-order valence-corrected chi connectivity index (χ2v) is 9.27. The van der Waals surface area contributed by atoms with E-state index in [0.717, 1.165) is 5.56 Å². The van der Waals surface area contributed by atoms with E-state index in [-0.39, 0.29) is 28.8 Å². The van der Waals surface area contributed by atoms with E-state index in [0.29, 0.717) is 40.6 Å². The number of rotatable bonds is 6. The fourth-order valence-electron chi connectivity index (χ4n) is 4.63. The highest BCUT2D eigenvalue weighted by Gasteiger charge is 2.48. The van der Waals surface area contributed by atoms with Gasteiger partial charge in [0, 0.05) is 23.9 Å². The number of amides is 2. The topological polar surface area (TPSA) is 129 Å². The number of anilines is 1. The average Bonchev–Trinajstić information content (AvgIpc) is 3.47. The van der Waals surface area contributed by atoms with E-state index < -0.39 is 17.7 Å². The van der Waals surface area contributed by atoms with Crippen molar-refractivity contribution < 1.29 is 24.0 Å². The van der Waals surface area contributed by atoms with Gasteiger partial charge in [0.05, 0.1) is 11.6 Å². The van der Waals surface area contributed by atoms with Crippen LogP contribution in [0.2, 0.25) is 0 Å². The van der Waals surface area contributed by atoms with Crippen molar-refractivity contribution in [3.63, 3.8) is 0 Å². The number of hydrogen-bond donors (Lipinski definition) is 3. The van der Waals surface area contributed by atoms with E-state index in [1.165, 1.54) is 4.90 Å². The van der Waals surface area contributed by atoms with Crippen LogP contribution in [0.3, 0.4) is 0 Å². The molecule has 4 rings (SSSR count). The first kappa shape index (κ1) is 25.0. The summed E-state index contributed by atoms with van der Waals surface area (Å²) in [7, 11) is 0. The molecule has 1 aliphatic rings. The molecule has 0 spiro atoms. The summed E-state index contributed by atoms with van der Waals surface area (Å²) in [6.45, 7) is 11.5. The van der Waals surface area contributed by atoms with Gasteiger partial charge in [0.25, 0.3) is 11.7 Å². The zero-order chi connectivity index (χ0) is 26.3. The van der Waals surface area contributed by atoms with Crippen LogP contribution >= 0.6 is 0 Å². The van der Waals surface area contributed by atoms with Crippen molar-refractivity contribution in [1.29, 1.82) is 0 Å².